The molecule has 1 amide bonds. The Labute approximate surface area is 136 Å². The summed E-state index contributed by atoms with van der Waals surface area (Å²) in [6.45, 7) is 0. The lowest BCUT2D eigenvalue weighted by molar-refractivity contribution is 0.0934. The molecule has 0 aromatic heterocycles. The summed E-state index contributed by atoms with van der Waals surface area (Å²) in [4.78, 5) is 12.8. The second-order valence-electron chi connectivity index (χ2n) is 6.14. The van der Waals surface area contributed by atoms with E-state index in [1.54, 1.807) is 0 Å². The number of aryl methyl sites for hydroxylation is 1. The first-order chi connectivity index (χ1) is 11.3. The van der Waals surface area contributed by atoms with Gasteiger partial charge in [-0.1, -0.05) is 60.7 Å². The van der Waals surface area contributed by atoms with Gasteiger partial charge in [0.25, 0.3) is 5.91 Å². The van der Waals surface area contributed by atoms with E-state index in [4.69, 9.17) is 0 Å². The highest BCUT2D eigenvalue weighted by Crippen LogP contribution is 2.30. The van der Waals surface area contributed by atoms with Crippen LogP contribution in [0.5, 0.6) is 0 Å². The van der Waals surface area contributed by atoms with E-state index in [9.17, 15) is 4.79 Å². The molecule has 0 saturated heterocycles. The molecule has 0 aliphatic heterocycles. The van der Waals surface area contributed by atoms with Gasteiger partial charge >= 0.3 is 0 Å². The normalized spacial score (nSPS) is 16.8. The van der Waals surface area contributed by atoms with Gasteiger partial charge in [-0.3, -0.25) is 4.79 Å². The summed E-state index contributed by atoms with van der Waals surface area (Å²) in [7, 11) is 0. The van der Waals surface area contributed by atoms with Crippen molar-refractivity contribution >= 4 is 16.7 Å². The van der Waals surface area contributed by atoms with Crippen LogP contribution in [0.15, 0.2) is 66.7 Å². The number of hydrogen-bond acceptors (Lipinski definition) is 1. The molecule has 0 spiro atoms. The number of carbonyl (C=O) groups is 1. The fourth-order valence-corrected chi connectivity index (χ4v) is 3.56. The van der Waals surface area contributed by atoms with Gasteiger partial charge in [-0.05, 0) is 47.2 Å². The molecule has 0 saturated carbocycles. The first-order valence-electron chi connectivity index (χ1n) is 8.19. The average molecular weight is 301 g/mol. The summed E-state index contributed by atoms with van der Waals surface area (Å²) in [5.41, 5.74) is 3.39. The van der Waals surface area contributed by atoms with Crippen molar-refractivity contribution in [3.8, 4) is 0 Å². The second kappa shape index (κ2) is 5.88. The van der Waals surface area contributed by atoms with E-state index in [2.05, 4.69) is 29.6 Å². The Morgan fingerprint density at radius 3 is 2.65 bits per heavy atom. The lowest BCUT2D eigenvalue weighted by atomic mass is 9.87. The topological polar surface area (TPSA) is 29.1 Å². The Morgan fingerprint density at radius 1 is 0.913 bits per heavy atom. The molecule has 1 aliphatic carbocycles. The lowest BCUT2D eigenvalue weighted by Crippen LogP contribution is -2.31. The maximum absolute atomic E-state index is 12.8. The van der Waals surface area contributed by atoms with E-state index in [0.29, 0.717) is 0 Å². The van der Waals surface area contributed by atoms with Crippen LogP contribution in [0.2, 0.25) is 0 Å². The number of amides is 1. The highest BCUT2D eigenvalue weighted by atomic mass is 16.1. The van der Waals surface area contributed by atoms with E-state index < -0.39 is 0 Å². The Hall–Kier alpha value is -2.61. The van der Waals surface area contributed by atoms with Crippen LogP contribution >= 0.6 is 0 Å². The maximum Gasteiger partial charge on any atom is 0.252 e. The third-order valence-corrected chi connectivity index (χ3v) is 4.71. The molecule has 3 aromatic carbocycles. The first kappa shape index (κ1) is 14.0. The number of carbonyl (C=O) groups excluding carboxylic acids is 1. The fraction of sp³-hybridized carbons (Fsp3) is 0.190. The molecule has 23 heavy (non-hydrogen) atoms. The summed E-state index contributed by atoms with van der Waals surface area (Å²) in [5, 5.41) is 5.36. The van der Waals surface area contributed by atoms with Gasteiger partial charge in [0, 0.05) is 5.56 Å². The van der Waals surface area contributed by atoms with Crippen LogP contribution in [0, 0.1) is 0 Å². The Morgan fingerprint density at radius 2 is 1.70 bits per heavy atom. The first-order valence-corrected chi connectivity index (χ1v) is 8.19. The van der Waals surface area contributed by atoms with Gasteiger partial charge in [-0.15, -0.1) is 0 Å². The van der Waals surface area contributed by atoms with Gasteiger partial charge in [0.1, 0.15) is 0 Å². The minimum atomic E-state index is 0.0171. The SMILES string of the molecule is O=C(NC1CCCc2ccccc21)c1cccc2ccccc12. The molecule has 0 bridgehead atoms. The summed E-state index contributed by atoms with van der Waals surface area (Å²) in [5.74, 6) is 0.0171. The third kappa shape index (κ3) is 2.61. The predicted octanol–water partition coefficient (Wildman–Crippen LogP) is 4.65. The Bertz CT molecular complexity index is 863. The van der Waals surface area contributed by atoms with E-state index >= 15 is 0 Å². The largest absolute Gasteiger partial charge is 0.345 e. The van der Waals surface area contributed by atoms with Crippen LogP contribution in [0.4, 0.5) is 0 Å². The highest BCUT2D eigenvalue weighted by Gasteiger charge is 2.22. The second-order valence-corrected chi connectivity index (χ2v) is 6.14. The van der Waals surface area contributed by atoms with Gasteiger partial charge < -0.3 is 5.32 Å². The summed E-state index contributed by atoms with van der Waals surface area (Å²) >= 11 is 0. The molecule has 1 atom stereocenters. The van der Waals surface area contributed by atoms with Crippen molar-refractivity contribution in [2.24, 2.45) is 0 Å². The van der Waals surface area contributed by atoms with Gasteiger partial charge in [0.15, 0.2) is 0 Å². The Balaban J connectivity index is 1.66. The minimum absolute atomic E-state index is 0.0171. The zero-order chi connectivity index (χ0) is 15.6. The standard InChI is InChI=1S/C21H19NO/c23-21(19-13-5-9-15-7-1-3-11-17(15)19)22-20-14-6-10-16-8-2-4-12-18(16)20/h1-5,7-9,11-13,20H,6,10,14H2,(H,22,23). The molecule has 2 heteroatoms. The average Bonchev–Trinajstić information content (AvgIpc) is 2.61. The molecule has 1 N–H and O–H groups in total. The van der Waals surface area contributed by atoms with Crippen LogP contribution in [0.3, 0.4) is 0 Å². The smallest absolute Gasteiger partial charge is 0.252 e. The van der Waals surface area contributed by atoms with E-state index in [-0.39, 0.29) is 11.9 Å². The Kier molecular flexibility index (Phi) is 3.58. The van der Waals surface area contributed by atoms with Crippen LogP contribution in [0.1, 0.15) is 40.4 Å². The molecule has 1 unspecified atom stereocenters. The van der Waals surface area contributed by atoms with Gasteiger partial charge in [-0.2, -0.15) is 0 Å². The quantitative estimate of drug-likeness (QED) is 0.733. The zero-order valence-corrected chi connectivity index (χ0v) is 13.0. The molecule has 114 valence electrons. The van der Waals surface area contributed by atoms with Crippen LogP contribution in [-0.4, -0.2) is 5.91 Å². The van der Waals surface area contributed by atoms with Crippen molar-refractivity contribution < 1.29 is 4.79 Å². The minimum Gasteiger partial charge on any atom is -0.345 e. The molecule has 0 radical (unpaired) electrons. The van der Waals surface area contributed by atoms with Gasteiger partial charge in [0.2, 0.25) is 0 Å². The fourth-order valence-electron chi connectivity index (χ4n) is 3.56. The van der Waals surface area contributed by atoms with Crippen molar-refractivity contribution in [2.45, 2.75) is 25.3 Å². The highest BCUT2D eigenvalue weighted by molar-refractivity contribution is 6.07. The van der Waals surface area contributed by atoms with E-state index in [1.807, 2.05) is 42.5 Å². The summed E-state index contributed by atoms with van der Waals surface area (Å²) < 4.78 is 0. The molecule has 0 heterocycles. The number of hydrogen-bond donors (Lipinski definition) is 1. The monoisotopic (exact) mass is 301 g/mol. The number of nitrogens with one attached hydrogen (secondary N) is 1. The molecule has 4 rings (SSSR count). The molecule has 3 aromatic rings. The van der Waals surface area contributed by atoms with E-state index in [0.717, 1.165) is 35.6 Å². The molecular formula is C21H19NO. The van der Waals surface area contributed by atoms with Crippen LogP contribution in [0.25, 0.3) is 10.8 Å². The maximum atomic E-state index is 12.8. The molecule has 1 aliphatic rings. The van der Waals surface area contributed by atoms with Crippen LogP contribution < -0.4 is 5.32 Å². The summed E-state index contributed by atoms with van der Waals surface area (Å²) in [6.07, 6.45) is 3.24. The number of rotatable bonds is 2. The predicted molar refractivity (Wildman–Crippen MR) is 93.5 cm³/mol. The number of benzene rings is 3. The van der Waals surface area contributed by atoms with Crippen molar-refractivity contribution in [3.63, 3.8) is 0 Å². The number of fused-ring (bicyclic) bond motifs is 2. The van der Waals surface area contributed by atoms with Gasteiger partial charge in [-0.25, -0.2) is 0 Å². The van der Waals surface area contributed by atoms with Crippen molar-refractivity contribution in [2.75, 3.05) is 0 Å². The van der Waals surface area contributed by atoms with Gasteiger partial charge in [0.05, 0.1) is 6.04 Å². The van der Waals surface area contributed by atoms with Crippen molar-refractivity contribution in [1.82, 2.24) is 5.32 Å². The van der Waals surface area contributed by atoms with E-state index in [1.165, 1.54) is 11.1 Å². The lowest BCUT2D eigenvalue weighted by Gasteiger charge is -2.26. The van der Waals surface area contributed by atoms with Crippen molar-refractivity contribution in [1.29, 1.82) is 0 Å². The van der Waals surface area contributed by atoms with Crippen molar-refractivity contribution in [3.05, 3.63) is 83.4 Å². The summed E-state index contributed by atoms with van der Waals surface area (Å²) in [6, 6.07) is 22.5. The molecule has 0 fully saturated rings. The zero-order valence-electron chi connectivity index (χ0n) is 13.0. The van der Waals surface area contributed by atoms with Crippen LogP contribution in [-0.2, 0) is 6.42 Å². The third-order valence-electron chi connectivity index (χ3n) is 4.71. The molecular weight excluding hydrogens is 282 g/mol. The molecule has 2 nitrogen and oxygen atoms in total.